The van der Waals surface area contributed by atoms with E-state index in [0.29, 0.717) is 0 Å². The normalized spacial score (nSPS) is 11.6. The first kappa shape index (κ1) is 31.6. The van der Waals surface area contributed by atoms with Crippen molar-refractivity contribution in [3.8, 4) is 0 Å². The maximum Gasteiger partial charge on any atom is 0.0786 e. The lowest BCUT2D eigenvalue weighted by atomic mass is 10.0. The van der Waals surface area contributed by atoms with E-state index in [-0.39, 0.29) is 17.0 Å². The zero-order valence-corrected chi connectivity index (χ0v) is 22.7. The topological polar surface area (TPSA) is 0 Å². The molecule has 0 atom stereocenters. The predicted octanol–water partition coefficient (Wildman–Crippen LogP) is 6.30. The molecule has 0 saturated heterocycles. The first-order chi connectivity index (χ1) is 13.7. The molecule has 0 unspecified atom stereocenters. The molecule has 0 aromatic heterocycles. The van der Waals surface area contributed by atoms with Gasteiger partial charge >= 0.3 is 0 Å². The average molecular weight is 477 g/mol. The van der Waals surface area contributed by atoms with Crippen LogP contribution < -0.4 is 17.0 Å². The molecule has 0 bridgehead atoms. The number of nitrogens with zero attached hydrogens (tertiary/aromatic N) is 1. The first-order valence-electron chi connectivity index (χ1n) is 13.6. The quantitative estimate of drug-likeness (QED) is 0.120. The van der Waals surface area contributed by atoms with Crippen molar-refractivity contribution >= 4 is 0 Å². The van der Waals surface area contributed by atoms with Gasteiger partial charge in [-0.15, -0.1) is 0 Å². The summed E-state index contributed by atoms with van der Waals surface area (Å²) in [5.74, 6) is 0. The number of hydrogen-bond donors (Lipinski definition) is 0. The van der Waals surface area contributed by atoms with E-state index in [1.807, 2.05) is 0 Å². The van der Waals surface area contributed by atoms with Gasteiger partial charge in [0.2, 0.25) is 0 Å². The van der Waals surface area contributed by atoms with Crippen LogP contribution in [0.1, 0.15) is 150 Å². The first-order valence-corrected chi connectivity index (χ1v) is 13.6. The Labute approximate surface area is 197 Å². The number of hydrogen-bond acceptors (Lipinski definition) is 0. The van der Waals surface area contributed by atoms with Gasteiger partial charge in [-0.1, -0.05) is 118 Å². The third-order valence-electron chi connectivity index (χ3n) is 6.66. The number of unbranched alkanes of at least 4 members (excludes halogenated alkanes) is 15. The smallest absolute Gasteiger partial charge is 0.0786 e. The highest BCUT2D eigenvalue weighted by atomic mass is 79.9. The molecule has 0 aliphatic rings. The highest BCUT2D eigenvalue weighted by Crippen LogP contribution is 2.18. The Bertz CT molecular complexity index is 284. The second-order valence-electron chi connectivity index (χ2n) is 9.54. The van der Waals surface area contributed by atoms with Gasteiger partial charge < -0.3 is 21.5 Å². The Morgan fingerprint density at radius 1 is 0.310 bits per heavy atom. The zero-order chi connectivity index (χ0) is 20.8. The molecule has 0 aliphatic carbocycles. The molecule has 2 heteroatoms. The molecule has 0 aliphatic heterocycles. The molecule has 0 N–H and O–H groups in total. The zero-order valence-electron chi connectivity index (χ0n) is 21.1. The Hall–Kier alpha value is 0.440. The van der Waals surface area contributed by atoms with Gasteiger partial charge in [0.1, 0.15) is 0 Å². The summed E-state index contributed by atoms with van der Waals surface area (Å²) in [7, 11) is 0. The lowest BCUT2D eigenvalue weighted by molar-refractivity contribution is -0.929. The van der Waals surface area contributed by atoms with Crippen LogP contribution >= 0.6 is 0 Å². The Kier molecular flexibility index (Phi) is 26.9. The van der Waals surface area contributed by atoms with E-state index in [1.165, 1.54) is 153 Å². The minimum atomic E-state index is 0. The third-order valence-corrected chi connectivity index (χ3v) is 6.66. The van der Waals surface area contributed by atoms with Gasteiger partial charge in [0.05, 0.1) is 26.2 Å². The maximum absolute atomic E-state index is 2.39. The van der Waals surface area contributed by atoms with Crippen molar-refractivity contribution in [1.29, 1.82) is 0 Å². The molecule has 0 heterocycles. The summed E-state index contributed by atoms with van der Waals surface area (Å²) < 4.78 is 1.43. The van der Waals surface area contributed by atoms with Crippen LogP contribution in [0.2, 0.25) is 0 Å². The van der Waals surface area contributed by atoms with Crippen molar-refractivity contribution in [2.24, 2.45) is 0 Å². The van der Waals surface area contributed by atoms with Crippen LogP contribution in [0.25, 0.3) is 0 Å². The van der Waals surface area contributed by atoms with E-state index in [4.69, 9.17) is 0 Å². The van der Waals surface area contributed by atoms with Crippen molar-refractivity contribution < 1.29 is 21.5 Å². The highest BCUT2D eigenvalue weighted by Gasteiger charge is 2.24. The molecule has 0 radical (unpaired) electrons. The van der Waals surface area contributed by atoms with Crippen molar-refractivity contribution in [3.63, 3.8) is 0 Å². The molecule has 0 aromatic rings. The highest BCUT2D eigenvalue weighted by molar-refractivity contribution is 4.52. The Morgan fingerprint density at radius 3 is 0.966 bits per heavy atom. The summed E-state index contributed by atoms with van der Waals surface area (Å²) in [6.45, 7) is 15.1. The number of quaternary nitrogens is 1. The van der Waals surface area contributed by atoms with Gasteiger partial charge in [-0.2, -0.15) is 0 Å². The predicted molar refractivity (Wildman–Crippen MR) is 130 cm³/mol. The fourth-order valence-electron chi connectivity index (χ4n) is 4.77. The Balaban J connectivity index is 0. The van der Waals surface area contributed by atoms with E-state index in [9.17, 15) is 0 Å². The van der Waals surface area contributed by atoms with Crippen LogP contribution in [0.4, 0.5) is 0 Å². The van der Waals surface area contributed by atoms with E-state index in [0.717, 1.165) is 0 Å². The van der Waals surface area contributed by atoms with Gasteiger partial charge in [-0.25, -0.2) is 0 Å². The van der Waals surface area contributed by atoms with Crippen LogP contribution in [0, 0.1) is 0 Å². The van der Waals surface area contributed by atoms with Crippen molar-refractivity contribution in [3.05, 3.63) is 0 Å². The standard InChI is InChI=1S/C27H58N.BrH/c1-5-9-12-13-14-15-16-17-18-19-20-21-22-23-27-28(24-8-4,25-10-6-2)26-11-7-3;/h5-27H2,1-4H3;1H/q+1;/p-1. The molecule has 0 rings (SSSR count). The lowest BCUT2D eigenvalue weighted by Crippen LogP contribution is -3.00. The third kappa shape index (κ3) is 20.1. The van der Waals surface area contributed by atoms with Crippen LogP contribution in [0.15, 0.2) is 0 Å². The van der Waals surface area contributed by atoms with Crippen LogP contribution in [0.3, 0.4) is 0 Å². The monoisotopic (exact) mass is 475 g/mol. The molecule has 178 valence electrons. The fourth-order valence-corrected chi connectivity index (χ4v) is 4.77. The van der Waals surface area contributed by atoms with E-state index in [2.05, 4.69) is 27.7 Å². The lowest BCUT2D eigenvalue weighted by Gasteiger charge is -2.39. The van der Waals surface area contributed by atoms with Crippen molar-refractivity contribution in [1.82, 2.24) is 0 Å². The summed E-state index contributed by atoms with van der Waals surface area (Å²) in [4.78, 5) is 0. The van der Waals surface area contributed by atoms with E-state index < -0.39 is 0 Å². The average Bonchev–Trinajstić information content (AvgIpc) is 2.71. The molecule has 0 amide bonds. The molecule has 0 saturated carbocycles. The van der Waals surface area contributed by atoms with Crippen molar-refractivity contribution in [2.45, 2.75) is 150 Å². The SMILES string of the molecule is CCCCCCCCCCCCCCCC[N+](CCC)(CCCC)CCCC.[Br-]. The molecule has 1 nitrogen and oxygen atoms in total. The molecule has 0 aromatic carbocycles. The maximum atomic E-state index is 2.39. The van der Waals surface area contributed by atoms with Crippen molar-refractivity contribution in [2.75, 3.05) is 26.2 Å². The molecule has 0 spiro atoms. The second kappa shape index (κ2) is 24.7. The molecule has 0 fully saturated rings. The summed E-state index contributed by atoms with van der Waals surface area (Å²) in [6.07, 6.45) is 27.4. The molecule has 29 heavy (non-hydrogen) atoms. The van der Waals surface area contributed by atoms with Gasteiger partial charge in [0.15, 0.2) is 0 Å². The van der Waals surface area contributed by atoms with Gasteiger partial charge in [0, 0.05) is 0 Å². The number of rotatable bonds is 23. The number of halogens is 1. The molecular formula is C27H58BrN. The minimum absolute atomic E-state index is 0. The largest absolute Gasteiger partial charge is 1.00 e. The van der Waals surface area contributed by atoms with E-state index >= 15 is 0 Å². The summed E-state index contributed by atoms with van der Waals surface area (Å²) in [5, 5.41) is 0. The van der Waals surface area contributed by atoms with Crippen LogP contribution in [0.5, 0.6) is 0 Å². The van der Waals surface area contributed by atoms with Crippen LogP contribution in [-0.4, -0.2) is 30.7 Å². The van der Waals surface area contributed by atoms with Gasteiger partial charge in [-0.05, 0) is 32.1 Å². The molecular weight excluding hydrogens is 418 g/mol. The van der Waals surface area contributed by atoms with Crippen LogP contribution in [-0.2, 0) is 0 Å². The van der Waals surface area contributed by atoms with Gasteiger partial charge in [0.25, 0.3) is 0 Å². The van der Waals surface area contributed by atoms with Gasteiger partial charge in [-0.3, -0.25) is 0 Å². The second-order valence-corrected chi connectivity index (χ2v) is 9.54. The summed E-state index contributed by atoms with van der Waals surface area (Å²) >= 11 is 0. The Morgan fingerprint density at radius 2 is 0.621 bits per heavy atom. The minimum Gasteiger partial charge on any atom is -1.00 e. The summed E-state index contributed by atoms with van der Waals surface area (Å²) in [5.41, 5.74) is 0. The van der Waals surface area contributed by atoms with E-state index in [1.54, 1.807) is 0 Å². The summed E-state index contributed by atoms with van der Waals surface area (Å²) in [6, 6.07) is 0. The fraction of sp³-hybridized carbons (Fsp3) is 1.00.